The number of nitrogens with zero attached hydrogens (tertiary/aromatic N) is 3. The van der Waals surface area contributed by atoms with Crippen molar-refractivity contribution in [3.63, 3.8) is 0 Å². The summed E-state index contributed by atoms with van der Waals surface area (Å²) in [6.07, 6.45) is 9.76. The van der Waals surface area contributed by atoms with Crippen molar-refractivity contribution in [2.24, 2.45) is 0 Å². The van der Waals surface area contributed by atoms with Crippen molar-refractivity contribution < 1.29 is 0 Å². The number of aryl methyl sites for hydroxylation is 1. The van der Waals surface area contributed by atoms with Gasteiger partial charge in [0.05, 0.1) is 11.9 Å². The van der Waals surface area contributed by atoms with Crippen LogP contribution in [0.5, 0.6) is 0 Å². The lowest BCUT2D eigenvalue weighted by atomic mass is 10.2. The van der Waals surface area contributed by atoms with Gasteiger partial charge in [-0.05, 0) is 25.0 Å². The summed E-state index contributed by atoms with van der Waals surface area (Å²) in [5.41, 5.74) is 2.26. The van der Waals surface area contributed by atoms with Crippen LogP contribution in [-0.4, -0.2) is 21.1 Å². The highest BCUT2D eigenvalue weighted by molar-refractivity contribution is 5.44. The zero-order valence-corrected chi connectivity index (χ0v) is 10.3. The number of aromatic nitrogens is 3. The maximum absolute atomic E-state index is 4.33. The van der Waals surface area contributed by atoms with E-state index in [-0.39, 0.29) is 0 Å². The lowest BCUT2D eigenvalue weighted by Gasteiger charge is -2.11. The van der Waals surface area contributed by atoms with Gasteiger partial charge in [0.15, 0.2) is 0 Å². The van der Waals surface area contributed by atoms with Gasteiger partial charge in [-0.15, -0.1) is 0 Å². The molecule has 90 valence electrons. The van der Waals surface area contributed by atoms with Crippen molar-refractivity contribution in [1.29, 1.82) is 0 Å². The van der Waals surface area contributed by atoms with E-state index < -0.39 is 0 Å². The predicted molar refractivity (Wildman–Crippen MR) is 69.5 cm³/mol. The number of hydrogen-bond donors (Lipinski definition) is 1. The maximum Gasteiger partial charge on any atom is 0.207 e. The van der Waals surface area contributed by atoms with Gasteiger partial charge in [0, 0.05) is 25.1 Å². The molecule has 0 amide bonds. The van der Waals surface area contributed by atoms with Gasteiger partial charge >= 0.3 is 0 Å². The highest BCUT2D eigenvalue weighted by Crippen LogP contribution is 2.16. The molecule has 1 N–H and O–H groups in total. The summed E-state index contributed by atoms with van der Waals surface area (Å²) in [6, 6.07) is 2.01. The molecule has 2 rings (SSSR count). The van der Waals surface area contributed by atoms with E-state index in [9.17, 15) is 0 Å². The molecule has 0 aliphatic rings. The number of unbranched alkanes of at least 4 members (excludes halogenated alkanes) is 1. The van der Waals surface area contributed by atoms with E-state index in [0.717, 1.165) is 24.6 Å². The van der Waals surface area contributed by atoms with Crippen molar-refractivity contribution >= 4 is 5.95 Å². The van der Waals surface area contributed by atoms with Crippen LogP contribution in [0.2, 0.25) is 0 Å². The zero-order chi connectivity index (χ0) is 12.1. The van der Waals surface area contributed by atoms with Crippen LogP contribution in [0.15, 0.2) is 30.9 Å². The third-order valence-corrected chi connectivity index (χ3v) is 2.73. The fourth-order valence-electron chi connectivity index (χ4n) is 1.71. The fraction of sp³-hybridized carbons (Fsp3) is 0.385. The second kappa shape index (κ2) is 5.48. The predicted octanol–water partition coefficient (Wildman–Crippen LogP) is 2.79. The zero-order valence-electron chi connectivity index (χ0n) is 10.3. The number of nitrogens with one attached hydrogen (secondary N) is 1. The fourth-order valence-corrected chi connectivity index (χ4v) is 1.71. The Bertz CT molecular complexity index is 476. The first-order valence-electron chi connectivity index (χ1n) is 6.01. The molecule has 4 heteroatoms. The molecule has 2 aromatic heterocycles. The monoisotopic (exact) mass is 230 g/mol. The van der Waals surface area contributed by atoms with E-state index in [1.165, 1.54) is 12.0 Å². The summed E-state index contributed by atoms with van der Waals surface area (Å²) >= 11 is 0. The third kappa shape index (κ3) is 2.64. The number of pyridine rings is 1. The molecule has 0 saturated carbocycles. The summed E-state index contributed by atoms with van der Waals surface area (Å²) in [6.45, 7) is 5.21. The molecule has 17 heavy (non-hydrogen) atoms. The van der Waals surface area contributed by atoms with Crippen LogP contribution in [0.1, 0.15) is 25.3 Å². The molecule has 0 radical (unpaired) electrons. The summed E-state index contributed by atoms with van der Waals surface area (Å²) in [4.78, 5) is 8.49. The van der Waals surface area contributed by atoms with Crippen molar-refractivity contribution in [3.8, 4) is 5.69 Å². The second-order valence-electron chi connectivity index (χ2n) is 4.06. The first kappa shape index (κ1) is 11.6. The summed E-state index contributed by atoms with van der Waals surface area (Å²) < 4.78 is 2.04. The van der Waals surface area contributed by atoms with Crippen LogP contribution in [0.4, 0.5) is 5.95 Å². The molecule has 0 aliphatic carbocycles. The Morgan fingerprint density at radius 2 is 2.24 bits per heavy atom. The normalized spacial score (nSPS) is 10.5. The molecule has 0 unspecified atom stereocenters. The first-order chi connectivity index (χ1) is 8.33. The van der Waals surface area contributed by atoms with Gasteiger partial charge in [-0.3, -0.25) is 9.55 Å². The number of imidazole rings is 1. The minimum absolute atomic E-state index is 0.884. The van der Waals surface area contributed by atoms with Crippen molar-refractivity contribution in [3.05, 3.63) is 36.4 Å². The molecule has 2 heterocycles. The van der Waals surface area contributed by atoms with Gasteiger partial charge in [0.25, 0.3) is 0 Å². The molecular formula is C13H18N4. The highest BCUT2D eigenvalue weighted by atomic mass is 15.2. The molecule has 0 atom stereocenters. The SMILES string of the molecule is CCCCNc1nccn1-c1cnccc1C. The molecule has 0 saturated heterocycles. The Balaban J connectivity index is 2.22. The summed E-state index contributed by atoms with van der Waals surface area (Å²) in [5.74, 6) is 0.884. The highest BCUT2D eigenvalue weighted by Gasteiger charge is 2.06. The molecule has 4 nitrogen and oxygen atoms in total. The molecule has 2 aromatic rings. The van der Waals surface area contributed by atoms with Crippen LogP contribution in [0.25, 0.3) is 5.69 Å². The van der Waals surface area contributed by atoms with Crippen LogP contribution in [0.3, 0.4) is 0 Å². The Labute approximate surface area is 102 Å². The molecule has 0 aliphatic heterocycles. The van der Waals surface area contributed by atoms with Gasteiger partial charge in [0.2, 0.25) is 5.95 Å². The minimum Gasteiger partial charge on any atom is -0.355 e. The topological polar surface area (TPSA) is 42.7 Å². The lowest BCUT2D eigenvalue weighted by molar-refractivity contribution is 0.822. The van der Waals surface area contributed by atoms with E-state index in [0.29, 0.717) is 0 Å². The van der Waals surface area contributed by atoms with Crippen molar-refractivity contribution in [2.75, 3.05) is 11.9 Å². The van der Waals surface area contributed by atoms with Gasteiger partial charge in [-0.1, -0.05) is 13.3 Å². The third-order valence-electron chi connectivity index (χ3n) is 2.73. The number of rotatable bonds is 5. The van der Waals surface area contributed by atoms with Gasteiger partial charge < -0.3 is 5.32 Å². The van der Waals surface area contributed by atoms with Crippen molar-refractivity contribution in [2.45, 2.75) is 26.7 Å². The van der Waals surface area contributed by atoms with Gasteiger partial charge in [-0.25, -0.2) is 4.98 Å². The van der Waals surface area contributed by atoms with Crippen LogP contribution in [0, 0.1) is 6.92 Å². The lowest BCUT2D eigenvalue weighted by Crippen LogP contribution is -2.08. The number of anilines is 1. The van der Waals surface area contributed by atoms with Crippen LogP contribution >= 0.6 is 0 Å². The Morgan fingerprint density at radius 3 is 3.00 bits per heavy atom. The summed E-state index contributed by atoms with van der Waals surface area (Å²) in [5, 5.41) is 3.34. The van der Waals surface area contributed by atoms with Crippen LogP contribution < -0.4 is 5.32 Å². The largest absolute Gasteiger partial charge is 0.355 e. The number of hydrogen-bond acceptors (Lipinski definition) is 3. The molecule has 0 fully saturated rings. The quantitative estimate of drug-likeness (QED) is 0.803. The van der Waals surface area contributed by atoms with E-state index in [1.807, 2.05) is 23.0 Å². The average molecular weight is 230 g/mol. The molecule has 0 bridgehead atoms. The molecule has 0 aromatic carbocycles. The van der Waals surface area contributed by atoms with Gasteiger partial charge in [0.1, 0.15) is 0 Å². The standard InChI is InChI=1S/C13H18N4/c1-3-4-6-15-13-16-8-9-17(13)12-10-14-7-5-11(12)2/h5,7-10H,3-4,6H2,1-2H3,(H,15,16). The maximum atomic E-state index is 4.33. The van der Waals surface area contributed by atoms with Crippen molar-refractivity contribution in [1.82, 2.24) is 14.5 Å². The molecular weight excluding hydrogens is 212 g/mol. The van der Waals surface area contributed by atoms with E-state index in [4.69, 9.17) is 0 Å². The van der Waals surface area contributed by atoms with E-state index in [2.05, 4.69) is 29.1 Å². The molecule has 0 spiro atoms. The van der Waals surface area contributed by atoms with E-state index in [1.54, 1.807) is 12.4 Å². The second-order valence-corrected chi connectivity index (χ2v) is 4.06. The smallest absolute Gasteiger partial charge is 0.207 e. The minimum atomic E-state index is 0.884. The van der Waals surface area contributed by atoms with E-state index >= 15 is 0 Å². The Kier molecular flexibility index (Phi) is 3.75. The average Bonchev–Trinajstić information content (AvgIpc) is 2.78. The Morgan fingerprint density at radius 1 is 1.35 bits per heavy atom. The first-order valence-corrected chi connectivity index (χ1v) is 6.01. The van der Waals surface area contributed by atoms with Gasteiger partial charge in [-0.2, -0.15) is 0 Å². The van der Waals surface area contributed by atoms with Crippen LogP contribution in [-0.2, 0) is 0 Å². The Hall–Kier alpha value is -1.84. The summed E-state index contributed by atoms with van der Waals surface area (Å²) in [7, 11) is 0.